The molecular formula is C17H30N4O4S2. The number of hydrogen-bond donors (Lipinski definition) is 2. The summed E-state index contributed by atoms with van der Waals surface area (Å²) < 4.78 is 27.8. The Kier molecular flexibility index (Phi) is 8.22. The van der Waals surface area contributed by atoms with E-state index in [0.29, 0.717) is 29.7 Å². The molecule has 154 valence electrons. The summed E-state index contributed by atoms with van der Waals surface area (Å²) in [5, 5.41) is 7.04. The lowest BCUT2D eigenvalue weighted by Gasteiger charge is -2.22. The summed E-state index contributed by atoms with van der Waals surface area (Å²) in [6.45, 7) is 11.7. The number of nitrogens with one attached hydrogen (secondary N) is 2. The topological polar surface area (TPSA) is 110 Å². The average molecular weight is 419 g/mol. The molecule has 0 amide bonds. The first kappa shape index (κ1) is 23.4. The molecule has 0 fully saturated rings. The fourth-order valence-electron chi connectivity index (χ4n) is 1.96. The lowest BCUT2D eigenvalue weighted by molar-refractivity contribution is 0.0531. The van der Waals surface area contributed by atoms with Gasteiger partial charge in [-0.2, -0.15) is 0 Å². The second-order valence-electron chi connectivity index (χ2n) is 6.78. The number of hydrogen-bond acceptors (Lipinski definition) is 7. The summed E-state index contributed by atoms with van der Waals surface area (Å²) in [6, 6.07) is -0.212. The molecule has 0 spiro atoms. The lowest BCUT2D eigenvalue weighted by Crippen LogP contribution is -2.41. The number of guanidine groups is 1. The molecule has 0 aliphatic heterocycles. The van der Waals surface area contributed by atoms with Gasteiger partial charge in [0.05, 0.1) is 29.6 Å². The summed E-state index contributed by atoms with van der Waals surface area (Å²) in [5.41, 5.74) is 0.627. The van der Waals surface area contributed by atoms with Gasteiger partial charge in [-0.25, -0.2) is 18.2 Å². The average Bonchev–Trinajstić information content (AvgIpc) is 2.94. The molecule has 2 N–H and O–H groups in total. The van der Waals surface area contributed by atoms with Crippen LogP contribution in [0, 0.1) is 6.92 Å². The van der Waals surface area contributed by atoms with Gasteiger partial charge in [0.1, 0.15) is 9.88 Å². The van der Waals surface area contributed by atoms with Crippen molar-refractivity contribution in [1.29, 1.82) is 0 Å². The summed E-state index contributed by atoms with van der Waals surface area (Å²) in [7, 11) is -3.24. The fraction of sp³-hybridized carbons (Fsp3) is 0.706. The van der Waals surface area contributed by atoms with Crippen molar-refractivity contribution in [1.82, 2.24) is 15.6 Å². The molecule has 0 radical (unpaired) electrons. The van der Waals surface area contributed by atoms with Crippen molar-refractivity contribution < 1.29 is 17.9 Å². The minimum atomic E-state index is -3.24. The van der Waals surface area contributed by atoms with Crippen LogP contribution in [0.25, 0.3) is 0 Å². The van der Waals surface area contributed by atoms with Gasteiger partial charge in [0.2, 0.25) is 0 Å². The van der Waals surface area contributed by atoms with E-state index in [2.05, 4.69) is 20.6 Å². The number of sulfone groups is 1. The zero-order chi connectivity index (χ0) is 20.8. The monoisotopic (exact) mass is 418 g/mol. The number of ether oxygens (including phenoxy) is 1. The Labute approximate surface area is 165 Å². The molecule has 1 aromatic rings. The minimum Gasteiger partial charge on any atom is -0.462 e. The van der Waals surface area contributed by atoms with E-state index in [1.54, 1.807) is 27.7 Å². The van der Waals surface area contributed by atoms with Gasteiger partial charge in [0, 0.05) is 12.8 Å². The summed E-state index contributed by atoms with van der Waals surface area (Å²) in [6.07, 6.45) is 1.21. The molecule has 0 saturated carbocycles. The molecule has 8 nitrogen and oxygen atoms in total. The van der Waals surface area contributed by atoms with Crippen molar-refractivity contribution in [3.63, 3.8) is 0 Å². The summed E-state index contributed by atoms with van der Waals surface area (Å²) in [4.78, 5) is 21.3. The number of esters is 1. The van der Waals surface area contributed by atoms with Gasteiger partial charge in [-0.15, -0.1) is 11.3 Å². The van der Waals surface area contributed by atoms with Crippen molar-refractivity contribution >= 4 is 33.1 Å². The van der Waals surface area contributed by atoms with E-state index >= 15 is 0 Å². The van der Waals surface area contributed by atoms with Crippen LogP contribution in [-0.4, -0.2) is 56.0 Å². The molecule has 1 aromatic heterocycles. The minimum absolute atomic E-state index is 0.124. The van der Waals surface area contributed by atoms with Crippen molar-refractivity contribution in [2.24, 2.45) is 4.99 Å². The number of nitrogens with zero attached hydrogens (tertiary/aromatic N) is 2. The summed E-state index contributed by atoms with van der Waals surface area (Å²) >= 11 is 1.28. The van der Waals surface area contributed by atoms with E-state index in [1.807, 2.05) is 13.8 Å². The van der Waals surface area contributed by atoms with E-state index in [0.717, 1.165) is 5.01 Å². The molecule has 0 saturated heterocycles. The number of carbonyl (C=O) groups is 1. The first-order chi connectivity index (χ1) is 12.4. The molecule has 10 heteroatoms. The van der Waals surface area contributed by atoms with Crippen molar-refractivity contribution in [2.75, 3.05) is 26.0 Å². The van der Waals surface area contributed by atoms with Crippen LogP contribution in [0.4, 0.5) is 0 Å². The molecule has 1 heterocycles. The predicted molar refractivity (Wildman–Crippen MR) is 109 cm³/mol. The Morgan fingerprint density at radius 1 is 1.37 bits per heavy atom. The zero-order valence-corrected chi connectivity index (χ0v) is 18.7. The van der Waals surface area contributed by atoms with E-state index in [1.165, 1.54) is 17.6 Å². The Balaban J connectivity index is 2.96. The van der Waals surface area contributed by atoms with E-state index in [9.17, 15) is 13.2 Å². The highest BCUT2D eigenvalue weighted by molar-refractivity contribution is 7.92. The molecule has 1 unspecified atom stereocenters. The molecular weight excluding hydrogens is 388 g/mol. The Morgan fingerprint density at radius 2 is 2.00 bits per heavy atom. The number of aromatic nitrogens is 1. The van der Waals surface area contributed by atoms with Gasteiger partial charge in [-0.1, -0.05) is 0 Å². The van der Waals surface area contributed by atoms with Gasteiger partial charge < -0.3 is 15.4 Å². The van der Waals surface area contributed by atoms with Crippen LogP contribution in [0.15, 0.2) is 4.99 Å². The maximum Gasteiger partial charge on any atom is 0.350 e. The summed E-state index contributed by atoms with van der Waals surface area (Å²) in [5.74, 6) is 0.119. The van der Waals surface area contributed by atoms with Crippen LogP contribution in [-0.2, 0) is 14.6 Å². The second kappa shape index (κ2) is 9.50. The highest BCUT2D eigenvalue weighted by Crippen LogP contribution is 2.24. The standard InChI is InChI=1S/C17H30N4O4S2/c1-8-18-16(19-10-17(5,6)27(7,23)24)21-12(4)14-20-11(3)13(26-14)15(22)25-9-2/h12H,8-10H2,1-7H3,(H2,18,19,21). The molecule has 1 rings (SSSR count). The molecule has 0 aliphatic rings. The Morgan fingerprint density at radius 3 is 2.52 bits per heavy atom. The van der Waals surface area contributed by atoms with Crippen molar-refractivity contribution in [3.05, 3.63) is 15.6 Å². The van der Waals surface area contributed by atoms with E-state index in [4.69, 9.17) is 4.74 Å². The van der Waals surface area contributed by atoms with Crippen molar-refractivity contribution in [2.45, 2.75) is 52.3 Å². The van der Waals surface area contributed by atoms with Crippen LogP contribution in [0.5, 0.6) is 0 Å². The first-order valence-electron chi connectivity index (χ1n) is 8.81. The van der Waals surface area contributed by atoms with Gasteiger partial charge >= 0.3 is 5.97 Å². The predicted octanol–water partition coefficient (Wildman–Crippen LogP) is 2.07. The van der Waals surface area contributed by atoms with Gasteiger partial charge in [0.25, 0.3) is 0 Å². The van der Waals surface area contributed by atoms with Crippen LogP contribution < -0.4 is 10.6 Å². The first-order valence-corrected chi connectivity index (χ1v) is 11.5. The van der Waals surface area contributed by atoms with Crippen LogP contribution in [0.3, 0.4) is 0 Å². The normalized spacial score (nSPS) is 14.0. The van der Waals surface area contributed by atoms with Gasteiger partial charge in [-0.3, -0.25) is 4.99 Å². The van der Waals surface area contributed by atoms with Gasteiger partial charge in [-0.05, 0) is 41.5 Å². The third-order valence-electron chi connectivity index (χ3n) is 3.96. The number of aliphatic imine (C=N–C) groups is 1. The Bertz CT molecular complexity index is 785. The number of thiazole rings is 1. The smallest absolute Gasteiger partial charge is 0.350 e. The number of carbonyl (C=O) groups excluding carboxylic acids is 1. The maximum atomic E-state index is 12.0. The van der Waals surface area contributed by atoms with Gasteiger partial charge in [0.15, 0.2) is 15.8 Å². The van der Waals surface area contributed by atoms with Crippen LogP contribution in [0.1, 0.15) is 61.0 Å². The highest BCUT2D eigenvalue weighted by Gasteiger charge is 2.30. The zero-order valence-electron chi connectivity index (χ0n) is 17.0. The lowest BCUT2D eigenvalue weighted by atomic mass is 10.2. The SMILES string of the molecule is CCNC(=NCC(C)(C)S(C)(=O)=O)NC(C)c1nc(C)c(C(=O)OCC)s1. The number of rotatable bonds is 8. The van der Waals surface area contributed by atoms with Crippen LogP contribution in [0.2, 0.25) is 0 Å². The second-order valence-corrected chi connectivity index (χ2v) is 10.5. The quantitative estimate of drug-likeness (QED) is 0.378. The highest BCUT2D eigenvalue weighted by atomic mass is 32.2. The largest absolute Gasteiger partial charge is 0.462 e. The van der Waals surface area contributed by atoms with Crippen molar-refractivity contribution in [3.8, 4) is 0 Å². The molecule has 0 bridgehead atoms. The third-order valence-corrected chi connectivity index (χ3v) is 7.42. The molecule has 0 aromatic carbocycles. The number of aryl methyl sites for hydroxylation is 1. The molecule has 27 heavy (non-hydrogen) atoms. The Hall–Kier alpha value is -1.68. The third kappa shape index (κ3) is 6.46. The maximum absolute atomic E-state index is 12.0. The van der Waals surface area contributed by atoms with Crippen LogP contribution >= 0.6 is 11.3 Å². The molecule has 1 atom stereocenters. The van der Waals surface area contributed by atoms with E-state index in [-0.39, 0.29) is 18.6 Å². The molecule has 0 aliphatic carbocycles. The van der Waals surface area contributed by atoms with E-state index < -0.39 is 14.6 Å². The fourth-order valence-corrected chi connectivity index (χ4v) is 3.22.